The first-order valence-corrected chi connectivity index (χ1v) is 6.92. The second kappa shape index (κ2) is 5.26. The molecule has 3 amide bonds. The van der Waals surface area contributed by atoms with E-state index in [1.54, 1.807) is 0 Å². The molecule has 0 aromatic heterocycles. The summed E-state index contributed by atoms with van der Waals surface area (Å²) in [4.78, 5) is 26.5. The van der Waals surface area contributed by atoms with E-state index >= 15 is 0 Å². The van der Waals surface area contributed by atoms with Gasteiger partial charge in [0.15, 0.2) is 6.04 Å². The molecule has 2 N–H and O–H groups in total. The van der Waals surface area contributed by atoms with Gasteiger partial charge in [-0.15, -0.1) is 0 Å². The Morgan fingerprint density at radius 2 is 2.00 bits per heavy atom. The summed E-state index contributed by atoms with van der Waals surface area (Å²) >= 11 is 0. The van der Waals surface area contributed by atoms with Gasteiger partial charge in [-0.3, -0.25) is 9.69 Å². The molecule has 5 nitrogen and oxygen atoms in total. The van der Waals surface area contributed by atoms with Gasteiger partial charge in [0, 0.05) is 24.9 Å². The van der Waals surface area contributed by atoms with Crippen LogP contribution in [0.2, 0.25) is 0 Å². The summed E-state index contributed by atoms with van der Waals surface area (Å²) in [5.74, 6) is 1.29. The monoisotopic (exact) mass is 254 g/mol. The Labute approximate surface area is 108 Å². The Morgan fingerprint density at radius 3 is 2.50 bits per heavy atom. The number of likely N-dealkylation sites (tertiary alicyclic amines) is 1. The van der Waals surface area contributed by atoms with Gasteiger partial charge in [-0.1, -0.05) is 13.8 Å². The quantitative estimate of drug-likeness (QED) is 0.697. The van der Waals surface area contributed by atoms with Gasteiger partial charge in [0.05, 0.1) is 13.1 Å². The van der Waals surface area contributed by atoms with Crippen molar-refractivity contribution >= 4 is 11.9 Å². The van der Waals surface area contributed by atoms with Crippen LogP contribution in [0.1, 0.15) is 27.2 Å². The van der Waals surface area contributed by atoms with Gasteiger partial charge in [-0.05, 0) is 13.3 Å². The van der Waals surface area contributed by atoms with Crippen LogP contribution in [0.25, 0.3) is 0 Å². The molecule has 2 rings (SSSR count). The van der Waals surface area contributed by atoms with Crippen LogP contribution in [0.15, 0.2) is 0 Å². The van der Waals surface area contributed by atoms with Crippen LogP contribution in [-0.2, 0) is 4.79 Å². The number of carbonyl (C=O) groups is 2. The molecule has 2 fully saturated rings. The van der Waals surface area contributed by atoms with Crippen LogP contribution in [0.5, 0.6) is 0 Å². The van der Waals surface area contributed by atoms with E-state index in [9.17, 15) is 9.59 Å². The second-order valence-electron chi connectivity index (χ2n) is 5.96. The van der Waals surface area contributed by atoms with Crippen LogP contribution in [0, 0.1) is 11.8 Å². The van der Waals surface area contributed by atoms with E-state index in [4.69, 9.17) is 0 Å². The van der Waals surface area contributed by atoms with Gasteiger partial charge in [-0.25, -0.2) is 4.79 Å². The van der Waals surface area contributed by atoms with Crippen molar-refractivity contribution in [1.29, 1.82) is 0 Å². The lowest BCUT2D eigenvalue weighted by molar-refractivity contribution is -0.926. The lowest BCUT2D eigenvalue weighted by Gasteiger charge is -2.35. The van der Waals surface area contributed by atoms with Crippen molar-refractivity contribution in [2.45, 2.75) is 33.2 Å². The molecule has 2 heterocycles. The first-order valence-electron chi connectivity index (χ1n) is 6.92. The summed E-state index contributed by atoms with van der Waals surface area (Å²) in [6, 6.07) is -0.344. The molecule has 2 aliphatic rings. The lowest BCUT2D eigenvalue weighted by atomic mass is 9.91. The summed E-state index contributed by atoms with van der Waals surface area (Å²) in [7, 11) is 0. The SMILES string of the molecule is C[C@H]1C[C@H](C)C[NH+]([C@@H](C)C(=O)N2CCNC2=O)C1. The van der Waals surface area contributed by atoms with E-state index in [1.807, 2.05) is 6.92 Å². The number of carbonyl (C=O) groups excluding carboxylic acids is 2. The highest BCUT2D eigenvalue weighted by molar-refractivity contribution is 5.97. The molecule has 0 aliphatic carbocycles. The number of nitrogens with one attached hydrogen (secondary N) is 2. The molecule has 2 saturated heterocycles. The highest BCUT2D eigenvalue weighted by Crippen LogP contribution is 2.13. The van der Waals surface area contributed by atoms with Gasteiger partial charge in [0.2, 0.25) is 0 Å². The maximum atomic E-state index is 12.3. The summed E-state index contributed by atoms with van der Waals surface area (Å²) in [6.07, 6.45) is 1.24. The fraction of sp³-hybridized carbons (Fsp3) is 0.846. The second-order valence-corrected chi connectivity index (χ2v) is 5.96. The van der Waals surface area contributed by atoms with Crippen molar-refractivity contribution in [3.05, 3.63) is 0 Å². The largest absolute Gasteiger partial charge is 0.336 e. The van der Waals surface area contributed by atoms with E-state index in [0.717, 1.165) is 13.1 Å². The smallest absolute Gasteiger partial charge is 0.324 e. The van der Waals surface area contributed by atoms with E-state index < -0.39 is 0 Å². The molecule has 0 spiro atoms. The molecular formula is C13H24N3O2+. The van der Waals surface area contributed by atoms with Gasteiger partial charge >= 0.3 is 6.03 Å². The minimum atomic E-state index is -0.232. The molecule has 3 atom stereocenters. The zero-order chi connectivity index (χ0) is 13.3. The maximum absolute atomic E-state index is 12.3. The minimum Gasteiger partial charge on any atom is -0.336 e. The normalized spacial score (nSPS) is 34.3. The number of imide groups is 1. The van der Waals surface area contributed by atoms with Crippen LogP contribution in [0.4, 0.5) is 4.79 Å². The molecule has 18 heavy (non-hydrogen) atoms. The minimum absolute atomic E-state index is 0.0266. The molecule has 0 saturated carbocycles. The summed E-state index contributed by atoms with van der Waals surface area (Å²) in [5.41, 5.74) is 0. The average Bonchev–Trinajstić information content (AvgIpc) is 2.72. The van der Waals surface area contributed by atoms with Gasteiger partial charge in [-0.2, -0.15) is 0 Å². The predicted octanol–water partition coefficient (Wildman–Crippen LogP) is -0.512. The fourth-order valence-corrected chi connectivity index (χ4v) is 3.28. The third-order valence-electron chi connectivity index (χ3n) is 4.13. The zero-order valence-corrected chi connectivity index (χ0v) is 11.5. The third-order valence-corrected chi connectivity index (χ3v) is 4.13. The molecule has 0 radical (unpaired) electrons. The van der Waals surface area contributed by atoms with Crippen LogP contribution < -0.4 is 10.2 Å². The van der Waals surface area contributed by atoms with Crippen LogP contribution >= 0.6 is 0 Å². The number of urea groups is 1. The highest BCUT2D eigenvalue weighted by Gasteiger charge is 2.37. The topological polar surface area (TPSA) is 53.9 Å². The first-order chi connectivity index (χ1) is 8.49. The molecule has 5 heteroatoms. The number of hydrogen-bond donors (Lipinski definition) is 2. The first kappa shape index (κ1) is 13.3. The summed E-state index contributed by atoms with van der Waals surface area (Å²) in [5, 5.41) is 2.68. The van der Waals surface area contributed by atoms with Gasteiger partial charge in [0.1, 0.15) is 0 Å². The lowest BCUT2D eigenvalue weighted by Crippen LogP contribution is -3.18. The van der Waals surface area contributed by atoms with E-state index in [2.05, 4.69) is 19.2 Å². The van der Waals surface area contributed by atoms with Crippen LogP contribution in [-0.4, -0.2) is 49.1 Å². The number of nitrogens with zero attached hydrogens (tertiary/aromatic N) is 1. The molecule has 0 bridgehead atoms. The summed E-state index contributed by atoms with van der Waals surface area (Å²) in [6.45, 7) is 9.61. The summed E-state index contributed by atoms with van der Waals surface area (Å²) < 4.78 is 0. The molecular weight excluding hydrogens is 230 g/mol. The Kier molecular flexibility index (Phi) is 3.90. The van der Waals surface area contributed by atoms with Crippen molar-refractivity contribution in [3.63, 3.8) is 0 Å². The molecule has 0 unspecified atom stereocenters. The van der Waals surface area contributed by atoms with Crippen molar-refractivity contribution in [2.75, 3.05) is 26.2 Å². The number of rotatable bonds is 2. The number of hydrogen-bond acceptors (Lipinski definition) is 2. The Balaban J connectivity index is 1.99. The third kappa shape index (κ3) is 2.66. The van der Waals surface area contributed by atoms with Gasteiger partial charge < -0.3 is 10.2 Å². The van der Waals surface area contributed by atoms with Crippen molar-refractivity contribution in [3.8, 4) is 0 Å². The van der Waals surface area contributed by atoms with Crippen molar-refractivity contribution in [2.24, 2.45) is 11.8 Å². The molecule has 0 aromatic rings. The number of piperidine rings is 1. The average molecular weight is 254 g/mol. The number of amides is 3. The van der Waals surface area contributed by atoms with E-state index in [-0.39, 0.29) is 18.0 Å². The van der Waals surface area contributed by atoms with Crippen LogP contribution in [0.3, 0.4) is 0 Å². The fourth-order valence-electron chi connectivity index (χ4n) is 3.28. The Morgan fingerprint density at radius 1 is 1.39 bits per heavy atom. The van der Waals surface area contributed by atoms with Gasteiger partial charge in [0.25, 0.3) is 5.91 Å². The molecule has 0 aromatic carbocycles. The predicted molar refractivity (Wildman–Crippen MR) is 68.2 cm³/mol. The Bertz CT molecular complexity index is 335. The zero-order valence-electron chi connectivity index (χ0n) is 11.5. The van der Waals surface area contributed by atoms with E-state index in [1.165, 1.54) is 16.2 Å². The van der Waals surface area contributed by atoms with Crippen molar-refractivity contribution in [1.82, 2.24) is 10.2 Å². The standard InChI is InChI=1S/C13H23N3O2/c1-9-6-10(2)8-15(7-9)11(3)12(17)16-5-4-14-13(16)18/h9-11H,4-8H2,1-3H3,(H,14,18)/p+1/t9-,10-,11-/m0/s1. The van der Waals surface area contributed by atoms with Crippen molar-refractivity contribution < 1.29 is 14.5 Å². The highest BCUT2D eigenvalue weighted by atomic mass is 16.2. The Hall–Kier alpha value is -1.10. The van der Waals surface area contributed by atoms with E-state index in [0.29, 0.717) is 24.9 Å². The number of quaternary nitrogens is 1. The maximum Gasteiger partial charge on any atom is 0.324 e. The molecule has 102 valence electrons. The molecule has 2 aliphatic heterocycles.